The number of fused-ring (bicyclic) bond motifs is 3. The SMILES string of the molecule is C(=C1\CC2CCN1CC2)/c1ccccc1. The lowest BCUT2D eigenvalue weighted by molar-refractivity contribution is 0.163. The van der Waals surface area contributed by atoms with Crippen LogP contribution in [-0.4, -0.2) is 18.0 Å². The molecular formula is C14H17N. The molecule has 3 heterocycles. The number of piperidine rings is 3. The largest absolute Gasteiger partial charge is 0.375 e. The summed E-state index contributed by atoms with van der Waals surface area (Å²) >= 11 is 0. The van der Waals surface area contributed by atoms with Gasteiger partial charge < -0.3 is 4.90 Å². The Kier molecular flexibility index (Phi) is 2.24. The van der Waals surface area contributed by atoms with Crippen LogP contribution in [0.1, 0.15) is 24.8 Å². The van der Waals surface area contributed by atoms with Crippen LogP contribution in [-0.2, 0) is 0 Å². The maximum Gasteiger partial charge on any atom is 0.0177 e. The molecule has 0 unspecified atom stereocenters. The lowest BCUT2D eigenvalue weighted by atomic mass is 9.85. The zero-order valence-electron chi connectivity index (χ0n) is 9.02. The second-order valence-corrected chi connectivity index (χ2v) is 4.68. The van der Waals surface area contributed by atoms with Crippen molar-refractivity contribution in [1.29, 1.82) is 0 Å². The van der Waals surface area contributed by atoms with Gasteiger partial charge >= 0.3 is 0 Å². The van der Waals surface area contributed by atoms with Gasteiger partial charge in [0, 0.05) is 18.8 Å². The van der Waals surface area contributed by atoms with E-state index in [0.717, 1.165) is 5.92 Å². The molecule has 1 heteroatoms. The number of benzene rings is 1. The number of allylic oxidation sites excluding steroid dienone is 1. The van der Waals surface area contributed by atoms with Crippen LogP contribution in [0.2, 0.25) is 0 Å². The van der Waals surface area contributed by atoms with Crippen LogP contribution in [0.5, 0.6) is 0 Å². The standard InChI is InChI=1S/C14H17N/c1-2-4-12(5-3-1)10-14-11-13-6-8-15(14)9-7-13/h1-5,10,13H,6-9,11H2/b14-10-. The highest BCUT2D eigenvalue weighted by Gasteiger charge is 2.28. The minimum atomic E-state index is 0.963. The Bertz CT molecular complexity index is 358. The Morgan fingerprint density at radius 3 is 2.40 bits per heavy atom. The van der Waals surface area contributed by atoms with Gasteiger partial charge in [0.05, 0.1) is 0 Å². The summed E-state index contributed by atoms with van der Waals surface area (Å²) in [7, 11) is 0. The molecule has 0 atom stereocenters. The molecule has 1 aromatic carbocycles. The summed E-state index contributed by atoms with van der Waals surface area (Å²) in [6.07, 6.45) is 6.48. The van der Waals surface area contributed by atoms with E-state index in [1.54, 1.807) is 5.70 Å². The van der Waals surface area contributed by atoms with E-state index in [1.807, 2.05) is 0 Å². The maximum absolute atomic E-state index is 2.56. The highest BCUT2D eigenvalue weighted by atomic mass is 15.2. The van der Waals surface area contributed by atoms with Crippen molar-refractivity contribution in [2.45, 2.75) is 19.3 Å². The third kappa shape index (κ3) is 1.79. The van der Waals surface area contributed by atoms with Gasteiger partial charge in [0.15, 0.2) is 0 Å². The summed E-state index contributed by atoms with van der Waals surface area (Å²) in [6, 6.07) is 10.7. The van der Waals surface area contributed by atoms with Crippen molar-refractivity contribution in [3.63, 3.8) is 0 Å². The van der Waals surface area contributed by atoms with Gasteiger partial charge in [-0.15, -0.1) is 0 Å². The molecule has 2 bridgehead atoms. The van der Waals surface area contributed by atoms with Crippen LogP contribution < -0.4 is 0 Å². The molecule has 15 heavy (non-hydrogen) atoms. The van der Waals surface area contributed by atoms with Gasteiger partial charge in [-0.2, -0.15) is 0 Å². The topological polar surface area (TPSA) is 3.24 Å². The average molecular weight is 199 g/mol. The lowest BCUT2D eigenvalue weighted by Gasteiger charge is -2.42. The molecule has 0 radical (unpaired) electrons. The second kappa shape index (κ2) is 3.73. The van der Waals surface area contributed by atoms with E-state index in [1.165, 1.54) is 37.9 Å². The van der Waals surface area contributed by atoms with Gasteiger partial charge in [-0.25, -0.2) is 0 Å². The normalized spacial score (nSPS) is 23.7. The van der Waals surface area contributed by atoms with Gasteiger partial charge in [-0.1, -0.05) is 30.3 Å². The number of hydrogen-bond acceptors (Lipinski definition) is 1. The van der Waals surface area contributed by atoms with E-state index >= 15 is 0 Å². The first-order chi connectivity index (χ1) is 7.42. The molecule has 0 amide bonds. The van der Waals surface area contributed by atoms with Crippen LogP contribution in [0.3, 0.4) is 0 Å². The monoisotopic (exact) mass is 199 g/mol. The molecule has 4 rings (SSSR count). The van der Waals surface area contributed by atoms with Crippen LogP contribution in [0.25, 0.3) is 6.08 Å². The van der Waals surface area contributed by atoms with Crippen LogP contribution >= 0.6 is 0 Å². The predicted octanol–water partition coefficient (Wildman–Crippen LogP) is 3.14. The molecule has 3 fully saturated rings. The van der Waals surface area contributed by atoms with Gasteiger partial charge in [0.1, 0.15) is 0 Å². The molecule has 0 N–H and O–H groups in total. The summed E-state index contributed by atoms with van der Waals surface area (Å²) < 4.78 is 0. The molecule has 1 aromatic rings. The van der Waals surface area contributed by atoms with E-state index in [0.29, 0.717) is 0 Å². The summed E-state index contributed by atoms with van der Waals surface area (Å²) in [5, 5.41) is 0. The van der Waals surface area contributed by atoms with E-state index < -0.39 is 0 Å². The fourth-order valence-electron chi connectivity index (χ4n) is 2.74. The van der Waals surface area contributed by atoms with Crippen LogP contribution in [0.15, 0.2) is 36.0 Å². The van der Waals surface area contributed by atoms with Crippen molar-refractivity contribution < 1.29 is 0 Å². The molecule has 3 saturated heterocycles. The summed E-state index contributed by atoms with van der Waals surface area (Å²) in [4.78, 5) is 2.56. The lowest BCUT2D eigenvalue weighted by Crippen LogP contribution is -2.39. The van der Waals surface area contributed by atoms with Crippen molar-refractivity contribution in [2.24, 2.45) is 5.92 Å². The van der Waals surface area contributed by atoms with E-state index in [2.05, 4.69) is 41.3 Å². The summed E-state index contributed by atoms with van der Waals surface area (Å²) in [6.45, 7) is 2.56. The Hall–Kier alpha value is -1.24. The average Bonchev–Trinajstić information content (AvgIpc) is 2.32. The maximum atomic E-state index is 2.56. The number of rotatable bonds is 1. The highest BCUT2D eigenvalue weighted by molar-refractivity contribution is 5.52. The molecule has 0 aliphatic carbocycles. The minimum absolute atomic E-state index is 0.963. The molecule has 78 valence electrons. The Labute approximate surface area is 91.4 Å². The smallest absolute Gasteiger partial charge is 0.0177 e. The number of hydrogen-bond donors (Lipinski definition) is 0. The van der Waals surface area contributed by atoms with Crippen molar-refractivity contribution in [1.82, 2.24) is 4.90 Å². The molecule has 1 nitrogen and oxygen atoms in total. The minimum Gasteiger partial charge on any atom is -0.375 e. The van der Waals surface area contributed by atoms with E-state index in [-0.39, 0.29) is 0 Å². The van der Waals surface area contributed by atoms with E-state index in [4.69, 9.17) is 0 Å². The second-order valence-electron chi connectivity index (χ2n) is 4.68. The van der Waals surface area contributed by atoms with Gasteiger partial charge in [0.2, 0.25) is 0 Å². The predicted molar refractivity (Wildman–Crippen MR) is 63.3 cm³/mol. The van der Waals surface area contributed by atoms with Gasteiger partial charge in [-0.3, -0.25) is 0 Å². The summed E-state index contributed by atoms with van der Waals surface area (Å²) in [5.41, 5.74) is 2.91. The molecule has 3 aliphatic heterocycles. The quantitative estimate of drug-likeness (QED) is 0.671. The zero-order valence-corrected chi connectivity index (χ0v) is 9.02. The van der Waals surface area contributed by atoms with Gasteiger partial charge in [-0.05, 0) is 36.8 Å². The molecule has 0 spiro atoms. The van der Waals surface area contributed by atoms with Gasteiger partial charge in [0.25, 0.3) is 0 Å². The molecular weight excluding hydrogens is 182 g/mol. The highest BCUT2D eigenvalue weighted by Crippen LogP contribution is 2.34. The van der Waals surface area contributed by atoms with Crippen molar-refractivity contribution >= 4 is 6.08 Å². The first-order valence-corrected chi connectivity index (χ1v) is 5.92. The van der Waals surface area contributed by atoms with Crippen molar-refractivity contribution in [2.75, 3.05) is 13.1 Å². The third-order valence-electron chi connectivity index (χ3n) is 3.65. The van der Waals surface area contributed by atoms with Crippen LogP contribution in [0, 0.1) is 5.92 Å². The van der Waals surface area contributed by atoms with Crippen molar-refractivity contribution in [3.8, 4) is 0 Å². The molecule has 3 aliphatic rings. The zero-order chi connectivity index (χ0) is 10.1. The first-order valence-electron chi connectivity index (χ1n) is 5.92. The summed E-state index contributed by atoms with van der Waals surface area (Å²) in [5.74, 6) is 0.963. The molecule has 0 aromatic heterocycles. The van der Waals surface area contributed by atoms with E-state index in [9.17, 15) is 0 Å². The first kappa shape index (κ1) is 9.02. The van der Waals surface area contributed by atoms with Crippen LogP contribution in [0.4, 0.5) is 0 Å². The fraction of sp³-hybridized carbons (Fsp3) is 0.429. The Morgan fingerprint density at radius 2 is 1.80 bits per heavy atom. The molecule has 0 saturated carbocycles. The Morgan fingerprint density at radius 1 is 1.07 bits per heavy atom. The third-order valence-corrected chi connectivity index (χ3v) is 3.65. The Balaban J connectivity index is 1.85. The fourth-order valence-corrected chi connectivity index (χ4v) is 2.74. The van der Waals surface area contributed by atoms with Crippen molar-refractivity contribution in [3.05, 3.63) is 41.6 Å². The number of nitrogens with zero attached hydrogens (tertiary/aromatic N) is 1.